The number of hydrogen-bond acceptors (Lipinski definition) is 4. The number of amides is 1. The van der Waals surface area contributed by atoms with Gasteiger partial charge in [0, 0.05) is 0 Å². The summed E-state index contributed by atoms with van der Waals surface area (Å²) in [7, 11) is 0. The monoisotopic (exact) mass is 258 g/mol. The van der Waals surface area contributed by atoms with E-state index in [1.165, 1.54) is 11.0 Å². The van der Waals surface area contributed by atoms with E-state index < -0.39 is 5.60 Å². The van der Waals surface area contributed by atoms with Crippen molar-refractivity contribution < 1.29 is 9.90 Å². The first kappa shape index (κ1) is 11.9. The van der Waals surface area contributed by atoms with Crippen LogP contribution in [0.15, 0.2) is 36.5 Å². The molecule has 1 fully saturated rings. The zero-order chi connectivity index (χ0) is 13.5. The Bertz CT molecular complexity index is 598. The van der Waals surface area contributed by atoms with E-state index >= 15 is 0 Å². The molecule has 98 valence electrons. The van der Waals surface area contributed by atoms with Crippen molar-refractivity contribution in [2.45, 2.75) is 12.5 Å². The van der Waals surface area contributed by atoms with Crippen LogP contribution in [-0.4, -0.2) is 49.6 Å². The molecule has 0 spiro atoms. The quantitative estimate of drug-likeness (QED) is 0.850. The number of benzene rings is 1. The lowest BCUT2D eigenvalue weighted by molar-refractivity contribution is -0.0670. The van der Waals surface area contributed by atoms with Crippen LogP contribution in [0.25, 0.3) is 5.69 Å². The van der Waals surface area contributed by atoms with E-state index in [1.807, 2.05) is 30.3 Å². The fourth-order valence-corrected chi connectivity index (χ4v) is 2.13. The summed E-state index contributed by atoms with van der Waals surface area (Å²) >= 11 is 0. The topological polar surface area (TPSA) is 71.2 Å². The van der Waals surface area contributed by atoms with Gasteiger partial charge >= 0.3 is 0 Å². The van der Waals surface area contributed by atoms with E-state index in [0.717, 1.165) is 5.69 Å². The SMILES string of the molecule is CC1(O)CN(C(=O)c2cnn(-c3ccccc3)n2)C1. The zero-order valence-electron chi connectivity index (χ0n) is 10.5. The van der Waals surface area contributed by atoms with E-state index in [2.05, 4.69) is 10.2 Å². The van der Waals surface area contributed by atoms with Crippen molar-refractivity contribution in [3.8, 4) is 5.69 Å². The number of nitrogens with zero attached hydrogens (tertiary/aromatic N) is 4. The lowest BCUT2D eigenvalue weighted by Gasteiger charge is -2.43. The number of carbonyl (C=O) groups is 1. The molecule has 1 aromatic carbocycles. The molecular formula is C13H14N4O2. The van der Waals surface area contributed by atoms with Crippen LogP contribution in [0.4, 0.5) is 0 Å². The Balaban J connectivity index is 1.77. The molecule has 3 rings (SSSR count). The first-order valence-electron chi connectivity index (χ1n) is 6.05. The second-order valence-corrected chi connectivity index (χ2v) is 5.01. The van der Waals surface area contributed by atoms with Gasteiger partial charge in [0.15, 0.2) is 5.69 Å². The van der Waals surface area contributed by atoms with Crippen molar-refractivity contribution in [1.29, 1.82) is 0 Å². The van der Waals surface area contributed by atoms with E-state index in [4.69, 9.17) is 0 Å². The van der Waals surface area contributed by atoms with Crippen LogP contribution in [-0.2, 0) is 0 Å². The lowest BCUT2D eigenvalue weighted by atomic mass is 9.97. The van der Waals surface area contributed by atoms with Crippen LogP contribution in [0.5, 0.6) is 0 Å². The Morgan fingerprint density at radius 1 is 1.32 bits per heavy atom. The van der Waals surface area contributed by atoms with Crippen LogP contribution < -0.4 is 0 Å². The van der Waals surface area contributed by atoms with Crippen molar-refractivity contribution in [1.82, 2.24) is 19.9 Å². The molecule has 2 heterocycles. The van der Waals surface area contributed by atoms with Gasteiger partial charge < -0.3 is 10.0 Å². The molecule has 19 heavy (non-hydrogen) atoms. The molecule has 6 heteroatoms. The Labute approximate surface area is 110 Å². The predicted molar refractivity (Wildman–Crippen MR) is 67.9 cm³/mol. The van der Waals surface area contributed by atoms with Gasteiger partial charge in [-0.1, -0.05) is 18.2 Å². The minimum absolute atomic E-state index is 0.200. The minimum Gasteiger partial charge on any atom is -0.386 e. The Morgan fingerprint density at radius 2 is 2.00 bits per heavy atom. The summed E-state index contributed by atoms with van der Waals surface area (Å²) < 4.78 is 0. The third kappa shape index (κ3) is 2.22. The predicted octanol–water partition coefficient (Wildman–Crippen LogP) is 0.474. The molecule has 0 aliphatic carbocycles. The van der Waals surface area contributed by atoms with Gasteiger partial charge in [0.1, 0.15) is 0 Å². The average Bonchev–Trinajstić information content (AvgIpc) is 2.85. The van der Waals surface area contributed by atoms with Crippen molar-refractivity contribution in [2.24, 2.45) is 0 Å². The zero-order valence-corrected chi connectivity index (χ0v) is 10.5. The maximum absolute atomic E-state index is 12.1. The number of likely N-dealkylation sites (tertiary alicyclic amines) is 1. The van der Waals surface area contributed by atoms with E-state index in [-0.39, 0.29) is 5.91 Å². The fraction of sp³-hybridized carbons (Fsp3) is 0.308. The highest BCUT2D eigenvalue weighted by Crippen LogP contribution is 2.21. The first-order valence-corrected chi connectivity index (χ1v) is 6.05. The number of hydrogen-bond donors (Lipinski definition) is 1. The average molecular weight is 258 g/mol. The lowest BCUT2D eigenvalue weighted by Crippen LogP contribution is -2.61. The third-order valence-corrected chi connectivity index (χ3v) is 3.05. The largest absolute Gasteiger partial charge is 0.386 e. The molecule has 1 saturated heterocycles. The van der Waals surface area contributed by atoms with Crippen molar-refractivity contribution in [3.63, 3.8) is 0 Å². The van der Waals surface area contributed by atoms with E-state index in [9.17, 15) is 9.90 Å². The number of aliphatic hydroxyl groups is 1. The highest BCUT2D eigenvalue weighted by atomic mass is 16.3. The molecule has 0 bridgehead atoms. The van der Waals surface area contributed by atoms with Crippen LogP contribution in [0.3, 0.4) is 0 Å². The maximum Gasteiger partial charge on any atom is 0.276 e. The Kier molecular flexibility index (Phi) is 2.60. The van der Waals surface area contributed by atoms with Crippen LogP contribution in [0.1, 0.15) is 17.4 Å². The molecular weight excluding hydrogens is 244 g/mol. The summed E-state index contributed by atoms with van der Waals surface area (Å²) in [6.07, 6.45) is 1.45. The maximum atomic E-state index is 12.1. The summed E-state index contributed by atoms with van der Waals surface area (Å²) in [4.78, 5) is 15.0. The van der Waals surface area contributed by atoms with Gasteiger partial charge in [0.05, 0.1) is 30.6 Å². The molecule has 1 amide bonds. The third-order valence-electron chi connectivity index (χ3n) is 3.05. The highest BCUT2D eigenvalue weighted by Gasteiger charge is 2.40. The summed E-state index contributed by atoms with van der Waals surface area (Å²) in [6, 6.07) is 9.40. The summed E-state index contributed by atoms with van der Waals surface area (Å²) in [6.45, 7) is 2.38. The second kappa shape index (κ2) is 4.17. The van der Waals surface area contributed by atoms with Gasteiger partial charge in [-0.3, -0.25) is 4.79 Å². The van der Waals surface area contributed by atoms with Gasteiger partial charge in [0.2, 0.25) is 0 Å². The van der Waals surface area contributed by atoms with Gasteiger partial charge in [0.25, 0.3) is 5.91 Å². The van der Waals surface area contributed by atoms with Crippen molar-refractivity contribution in [3.05, 3.63) is 42.2 Å². The summed E-state index contributed by atoms with van der Waals surface area (Å²) in [5.41, 5.74) is 0.321. The molecule has 0 unspecified atom stereocenters. The van der Waals surface area contributed by atoms with E-state index in [1.54, 1.807) is 11.8 Å². The number of para-hydroxylation sites is 1. The molecule has 0 radical (unpaired) electrons. The normalized spacial score (nSPS) is 17.1. The minimum atomic E-state index is -0.773. The van der Waals surface area contributed by atoms with Crippen molar-refractivity contribution in [2.75, 3.05) is 13.1 Å². The standard InChI is InChI=1S/C13H14N4O2/c1-13(19)8-16(9-13)12(18)11-7-14-17(15-11)10-5-3-2-4-6-10/h2-7,19H,8-9H2,1H3. The van der Waals surface area contributed by atoms with Crippen LogP contribution in [0, 0.1) is 0 Å². The van der Waals surface area contributed by atoms with Gasteiger partial charge in [-0.15, -0.1) is 5.10 Å². The highest BCUT2D eigenvalue weighted by molar-refractivity contribution is 5.92. The van der Waals surface area contributed by atoms with Crippen molar-refractivity contribution >= 4 is 5.91 Å². The Morgan fingerprint density at radius 3 is 2.63 bits per heavy atom. The van der Waals surface area contributed by atoms with E-state index in [0.29, 0.717) is 18.8 Å². The molecule has 0 saturated carbocycles. The van der Waals surface area contributed by atoms with Gasteiger partial charge in [-0.25, -0.2) is 0 Å². The van der Waals surface area contributed by atoms with Crippen LogP contribution in [0.2, 0.25) is 0 Å². The van der Waals surface area contributed by atoms with Gasteiger partial charge in [-0.2, -0.15) is 9.90 Å². The number of β-amino-alcohol motifs (C(OH)–C–C–N with tert-alkyl or cyclic N) is 1. The summed E-state index contributed by atoms with van der Waals surface area (Å²) in [5.74, 6) is -0.200. The smallest absolute Gasteiger partial charge is 0.276 e. The second-order valence-electron chi connectivity index (χ2n) is 5.01. The molecule has 1 aliphatic rings. The molecule has 1 aromatic heterocycles. The number of aromatic nitrogens is 3. The first-order chi connectivity index (χ1) is 9.05. The summed E-state index contributed by atoms with van der Waals surface area (Å²) in [5, 5.41) is 17.9. The fourth-order valence-electron chi connectivity index (χ4n) is 2.13. The molecule has 1 aliphatic heterocycles. The molecule has 0 atom stereocenters. The number of carbonyl (C=O) groups excluding carboxylic acids is 1. The molecule has 6 nitrogen and oxygen atoms in total. The molecule has 1 N–H and O–H groups in total. The van der Waals surface area contributed by atoms with Gasteiger partial charge in [-0.05, 0) is 19.1 Å². The molecule has 2 aromatic rings. The van der Waals surface area contributed by atoms with Crippen LogP contribution >= 0.6 is 0 Å². The number of rotatable bonds is 2. The Hall–Kier alpha value is -2.21.